The van der Waals surface area contributed by atoms with Gasteiger partial charge in [-0.05, 0) is 54.1 Å². The van der Waals surface area contributed by atoms with Gasteiger partial charge in [0, 0.05) is 16.1 Å². The summed E-state index contributed by atoms with van der Waals surface area (Å²) in [6.07, 6.45) is -3.01. The fourth-order valence-corrected chi connectivity index (χ4v) is 3.06. The average Bonchev–Trinajstić information content (AvgIpc) is 3.17. The normalized spacial score (nSPS) is 11.6. The second-order valence-electron chi connectivity index (χ2n) is 6.53. The van der Waals surface area contributed by atoms with E-state index in [4.69, 9.17) is 16.3 Å². The number of alkyl halides is 4. The van der Waals surface area contributed by atoms with E-state index in [0.717, 1.165) is 4.68 Å². The number of methoxy groups -OCH3 is 1. The van der Waals surface area contributed by atoms with Crippen LogP contribution in [0.3, 0.4) is 0 Å². The van der Waals surface area contributed by atoms with Gasteiger partial charge in [-0.25, -0.2) is 17.6 Å². The quantitative estimate of drug-likeness (QED) is 0.227. The highest BCUT2D eigenvalue weighted by Crippen LogP contribution is 2.28. The van der Waals surface area contributed by atoms with Crippen LogP contribution < -0.4 is 4.74 Å². The highest BCUT2D eigenvalue weighted by atomic mass is 35.5. The van der Waals surface area contributed by atoms with Crippen LogP contribution in [-0.4, -0.2) is 22.7 Å². The molecule has 0 atom stereocenters. The number of ketones is 1. The van der Waals surface area contributed by atoms with Crippen LogP contribution in [0.1, 0.15) is 45.7 Å². The van der Waals surface area contributed by atoms with Gasteiger partial charge in [0.15, 0.2) is 5.78 Å². The maximum Gasteiger partial charge on any atom is 0.282 e. The highest BCUT2D eigenvalue weighted by Gasteiger charge is 2.22. The Morgan fingerprint density at radius 2 is 1.81 bits per heavy atom. The zero-order valence-corrected chi connectivity index (χ0v) is 17.0. The molecule has 0 unspecified atom stereocenters. The van der Waals surface area contributed by atoms with E-state index in [1.165, 1.54) is 13.2 Å². The maximum absolute atomic E-state index is 13.3. The number of allylic oxidation sites excluding steroid dienone is 1. The van der Waals surface area contributed by atoms with Crippen molar-refractivity contribution in [2.45, 2.75) is 19.4 Å². The number of rotatable bonds is 8. The molecule has 1 aromatic heterocycles. The van der Waals surface area contributed by atoms with Gasteiger partial charge in [0.1, 0.15) is 17.1 Å². The Balaban J connectivity index is 1.87. The zero-order chi connectivity index (χ0) is 22.5. The minimum atomic E-state index is -2.97. The van der Waals surface area contributed by atoms with Crippen molar-refractivity contribution in [3.63, 3.8) is 0 Å². The predicted molar refractivity (Wildman–Crippen MR) is 109 cm³/mol. The van der Waals surface area contributed by atoms with E-state index in [-0.39, 0.29) is 12.3 Å². The van der Waals surface area contributed by atoms with Crippen LogP contribution in [0, 0.1) is 0 Å². The molecule has 4 nitrogen and oxygen atoms in total. The molecule has 0 aliphatic heterocycles. The van der Waals surface area contributed by atoms with Crippen molar-refractivity contribution in [1.82, 2.24) is 9.78 Å². The summed E-state index contributed by atoms with van der Waals surface area (Å²) in [5, 5.41) is 4.11. The summed E-state index contributed by atoms with van der Waals surface area (Å²) >= 11 is 5.81. The number of halogens is 5. The first-order valence-corrected chi connectivity index (χ1v) is 9.45. The molecule has 31 heavy (non-hydrogen) atoms. The fraction of sp³-hybridized carbons (Fsp3) is 0.182. The molecular formula is C22H17ClF4N2O2. The van der Waals surface area contributed by atoms with Gasteiger partial charge >= 0.3 is 0 Å². The maximum atomic E-state index is 13.3. The summed E-state index contributed by atoms with van der Waals surface area (Å²) in [5.74, 6) is 0.123. The van der Waals surface area contributed by atoms with Gasteiger partial charge in [0.2, 0.25) is 0 Å². The first-order valence-electron chi connectivity index (χ1n) is 9.07. The number of hydrogen-bond donors (Lipinski definition) is 0. The molecule has 0 bridgehead atoms. The largest absolute Gasteiger partial charge is 0.496 e. The first kappa shape index (κ1) is 22.6. The van der Waals surface area contributed by atoms with Crippen molar-refractivity contribution in [1.29, 1.82) is 0 Å². The second-order valence-corrected chi connectivity index (χ2v) is 6.97. The van der Waals surface area contributed by atoms with Crippen molar-refractivity contribution in [3.05, 3.63) is 87.7 Å². The van der Waals surface area contributed by atoms with Crippen LogP contribution in [0.25, 0.3) is 6.08 Å². The predicted octanol–water partition coefficient (Wildman–Crippen LogP) is 6.36. The Kier molecular flexibility index (Phi) is 7.12. The van der Waals surface area contributed by atoms with E-state index in [1.807, 2.05) is 0 Å². The van der Waals surface area contributed by atoms with Gasteiger partial charge < -0.3 is 4.74 Å². The van der Waals surface area contributed by atoms with E-state index in [9.17, 15) is 22.4 Å². The Bertz CT molecular complexity index is 1100. The second kappa shape index (κ2) is 9.78. The van der Waals surface area contributed by atoms with Crippen molar-refractivity contribution >= 4 is 23.5 Å². The van der Waals surface area contributed by atoms with Crippen molar-refractivity contribution in [2.24, 2.45) is 0 Å². The Morgan fingerprint density at radius 3 is 2.42 bits per heavy atom. The molecule has 0 radical (unpaired) electrons. The molecule has 0 aliphatic carbocycles. The molecular weight excluding hydrogens is 436 g/mol. The Labute approximate surface area is 180 Å². The van der Waals surface area contributed by atoms with Crippen molar-refractivity contribution in [3.8, 4) is 5.75 Å². The van der Waals surface area contributed by atoms with Gasteiger partial charge in [-0.2, -0.15) is 5.10 Å². The Morgan fingerprint density at radius 1 is 1.10 bits per heavy atom. The van der Waals surface area contributed by atoms with Crippen molar-refractivity contribution in [2.75, 3.05) is 7.11 Å². The number of benzene rings is 2. The van der Waals surface area contributed by atoms with Gasteiger partial charge in [0.05, 0.1) is 13.7 Å². The molecule has 0 N–H and O–H groups in total. The van der Waals surface area contributed by atoms with E-state index >= 15 is 0 Å². The molecule has 0 saturated carbocycles. The lowest BCUT2D eigenvalue weighted by molar-refractivity contribution is 0.104. The summed E-state index contributed by atoms with van der Waals surface area (Å²) in [6, 6.07) is 12.0. The lowest BCUT2D eigenvalue weighted by Gasteiger charge is -2.12. The minimum Gasteiger partial charge on any atom is -0.496 e. The number of carbonyl (C=O) groups excluding carboxylic acids is 1. The summed E-state index contributed by atoms with van der Waals surface area (Å²) in [4.78, 5) is 12.3. The SMILES string of the molecule is COc1ccc(/C=C/C(=O)c2ccc(Cl)cc2)cc1Cn1nc(C(F)F)cc1C(F)F. The standard InChI is InChI=1S/C22H17ClF4N2O2/c1-31-20-9-3-13(2-8-19(30)14-4-6-16(23)7-5-14)10-15(20)12-29-18(22(26)27)11-17(28-29)21(24)25/h2-11,21-22H,12H2,1H3/b8-2+. The molecule has 9 heteroatoms. The molecule has 0 amide bonds. The first-order chi connectivity index (χ1) is 14.8. The summed E-state index contributed by atoms with van der Waals surface area (Å²) in [7, 11) is 1.40. The van der Waals surface area contributed by atoms with E-state index in [0.29, 0.717) is 33.5 Å². The number of hydrogen-bond acceptors (Lipinski definition) is 3. The van der Waals surface area contributed by atoms with E-state index < -0.39 is 24.2 Å². The number of carbonyl (C=O) groups is 1. The molecule has 0 saturated heterocycles. The molecule has 0 fully saturated rings. The van der Waals surface area contributed by atoms with Gasteiger partial charge in [-0.3, -0.25) is 9.48 Å². The van der Waals surface area contributed by atoms with E-state index in [1.54, 1.807) is 48.5 Å². The highest BCUT2D eigenvalue weighted by molar-refractivity contribution is 6.30. The molecule has 3 aromatic rings. The lowest BCUT2D eigenvalue weighted by Crippen LogP contribution is -2.08. The lowest BCUT2D eigenvalue weighted by atomic mass is 10.1. The van der Waals surface area contributed by atoms with Gasteiger partial charge in [-0.1, -0.05) is 23.7 Å². The molecule has 2 aromatic carbocycles. The molecule has 3 rings (SSSR count). The van der Waals surface area contributed by atoms with Gasteiger partial charge in [-0.15, -0.1) is 0 Å². The third-order valence-corrected chi connectivity index (χ3v) is 4.71. The van der Waals surface area contributed by atoms with Crippen molar-refractivity contribution < 1.29 is 27.1 Å². The number of ether oxygens (including phenoxy) is 1. The number of nitrogens with zero attached hydrogens (tertiary/aromatic N) is 2. The molecule has 1 heterocycles. The topological polar surface area (TPSA) is 44.1 Å². The monoisotopic (exact) mass is 452 g/mol. The average molecular weight is 453 g/mol. The molecule has 162 valence electrons. The molecule has 0 aliphatic rings. The Hall–Kier alpha value is -3.13. The summed E-state index contributed by atoms with van der Waals surface area (Å²) < 4.78 is 58.5. The summed E-state index contributed by atoms with van der Waals surface area (Å²) in [6.45, 7) is -0.206. The molecule has 0 spiro atoms. The van der Waals surface area contributed by atoms with Crippen LogP contribution in [0.4, 0.5) is 17.6 Å². The third kappa shape index (κ3) is 5.52. The fourth-order valence-electron chi connectivity index (χ4n) is 2.93. The van der Waals surface area contributed by atoms with E-state index in [2.05, 4.69) is 5.10 Å². The third-order valence-electron chi connectivity index (χ3n) is 4.46. The van der Waals surface area contributed by atoms with Crippen LogP contribution in [0.2, 0.25) is 5.02 Å². The van der Waals surface area contributed by atoms with Crippen LogP contribution >= 0.6 is 11.6 Å². The number of aromatic nitrogens is 2. The van der Waals surface area contributed by atoms with Crippen LogP contribution in [0.5, 0.6) is 5.75 Å². The van der Waals surface area contributed by atoms with Crippen LogP contribution in [0.15, 0.2) is 54.6 Å². The van der Waals surface area contributed by atoms with Gasteiger partial charge in [0.25, 0.3) is 12.9 Å². The zero-order valence-electron chi connectivity index (χ0n) is 16.2. The minimum absolute atomic E-state index is 0.206. The van der Waals surface area contributed by atoms with Crippen LogP contribution in [-0.2, 0) is 6.54 Å². The summed E-state index contributed by atoms with van der Waals surface area (Å²) in [5.41, 5.74) is 0.148. The smallest absolute Gasteiger partial charge is 0.282 e.